The Hall–Kier alpha value is -4.54. The molecule has 9 nitrogen and oxygen atoms in total. The summed E-state index contributed by atoms with van der Waals surface area (Å²) in [5, 5.41) is 26.0. The van der Waals surface area contributed by atoms with Gasteiger partial charge in [-0.05, 0) is 37.3 Å². The van der Waals surface area contributed by atoms with Crippen LogP contribution in [0.25, 0.3) is 11.3 Å². The highest BCUT2D eigenvalue weighted by molar-refractivity contribution is 6.00. The molecular weight excluding hydrogens is 503 g/mol. The van der Waals surface area contributed by atoms with Gasteiger partial charge < -0.3 is 25.2 Å². The van der Waals surface area contributed by atoms with E-state index in [0.717, 1.165) is 16.8 Å². The third-order valence-electron chi connectivity index (χ3n) is 6.52. The molecule has 3 N–H and O–H groups in total. The molecule has 2 heterocycles. The fourth-order valence-corrected chi connectivity index (χ4v) is 4.65. The summed E-state index contributed by atoms with van der Waals surface area (Å²) in [6, 6.07) is 17.9. The van der Waals surface area contributed by atoms with Crippen molar-refractivity contribution in [2.45, 2.75) is 26.4 Å². The average molecular weight is 531 g/mol. The van der Waals surface area contributed by atoms with E-state index in [1.54, 1.807) is 42.1 Å². The Kier molecular flexibility index (Phi) is 7.14. The van der Waals surface area contributed by atoms with Crippen molar-refractivity contribution in [3.8, 4) is 17.0 Å². The Balaban J connectivity index is 1.47. The largest absolute Gasteiger partial charge is 0.488 e. The topological polar surface area (TPSA) is 117 Å². The zero-order valence-corrected chi connectivity index (χ0v) is 21.4. The van der Waals surface area contributed by atoms with E-state index >= 15 is 0 Å². The molecule has 5 rings (SSSR count). The first-order valence-electron chi connectivity index (χ1n) is 12.3. The van der Waals surface area contributed by atoms with Crippen molar-refractivity contribution in [1.82, 2.24) is 14.7 Å². The van der Waals surface area contributed by atoms with E-state index in [1.807, 2.05) is 25.1 Å². The van der Waals surface area contributed by atoms with E-state index < -0.39 is 30.5 Å². The number of carbonyl (C=O) groups excluding carboxylic acids is 2. The Morgan fingerprint density at radius 1 is 1.13 bits per heavy atom. The Morgan fingerprint density at radius 2 is 1.92 bits per heavy atom. The fourth-order valence-electron chi connectivity index (χ4n) is 4.65. The minimum Gasteiger partial charge on any atom is -0.488 e. The predicted molar refractivity (Wildman–Crippen MR) is 141 cm³/mol. The van der Waals surface area contributed by atoms with Crippen LogP contribution in [0.1, 0.15) is 39.0 Å². The maximum Gasteiger partial charge on any atom is 0.275 e. The van der Waals surface area contributed by atoms with Crippen LogP contribution in [0.4, 0.5) is 10.1 Å². The Labute approximate surface area is 224 Å². The summed E-state index contributed by atoms with van der Waals surface area (Å²) in [6.45, 7) is 1.51. The van der Waals surface area contributed by atoms with E-state index in [0.29, 0.717) is 17.0 Å². The molecule has 0 saturated carbocycles. The lowest BCUT2D eigenvalue weighted by Crippen LogP contribution is -2.38. The zero-order valence-electron chi connectivity index (χ0n) is 21.4. The number of aliphatic hydroxyl groups is 2. The smallest absolute Gasteiger partial charge is 0.275 e. The number of benzene rings is 3. The molecule has 0 bridgehead atoms. The molecule has 0 aliphatic carbocycles. The van der Waals surface area contributed by atoms with Crippen LogP contribution < -0.4 is 10.1 Å². The van der Waals surface area contributed by atoms with Crippen molar-refractivity contribution < 1.29 is 28.9 Å². The van der Waals surface area contributed by atoms with Crippen molar-refractivity contribution in [2.75, 3.05) is 11.9 Å². The number of hydrogen-bond donors (Lipinski definition) is 3. The maximum absolute atomic E-state index is 14.6. The van der Waals surface area contributed by atoms with Crippen molar-refractivity contribution >= 4 is 17.5 Å². The number of rotatable bonds is 7. The van der Waals surface area contributed by atoms with Crippen LogP contribution >= 0.6 is 0 Å². The van der Waals surface area contributed by atoms with Crippen molar-refractivity contribution in [3.05, 3.63) is 100 Å². The van der Waals surface area contributed by atoms with Gasteiger partial charge in [0.2, 0.25) is 5.91 Å². The number of aliphatic hydroxyl groups excluding tert-OH is 1. The van der Waals surface area contributed by atoms with Crippen LogP contribution in [0.5, 0.6) is 5.75 Å². The quantitative estimate of drug-likeness (QED) is 0.314. The molecule has 1 aliphatic rings. The van der Waals surface area contributed by atoms with Gasteiger partial charge in [0, 0.05) is 41.5 Å². The van der Waals surface area contributed by atoms with Crippen LogP contribution in [0.15, 0.2) is 66.7 Å². The van der Waals surface area contributed by atoms with Gasteiger partial charge in [0.25, 0.3) is 5.91 Å². The Bertz CT molecular complexity index is 1570. The van der Waals surface area contributed by atoms with E-state index in [4.69, 9.17) is 4.74 Å². The van der Waals surface area contributed by atoms with Crippen LogP contribution in [-0.2, 0) is 25.0 Å². The second kappa shape index (κ2) is 10.7. The molecule has 0 unspecified atom stereocenters. The maximum atomic E-state index is 14.6. The molecule has 4 aromatic rings. The second-order valence-corrected chi connectivity index (χ2v) is 9.39. The highest BCUT2D eigenvalue weighted by atomic mass is 19.1. The Morgan fingerprint density at radius 3 is 2.69 bits per heavy atom. The summed E-state index contributed by atoms with van der Waals surface area (Å²) >= 11 is 0. The highest BCUT2D eigenvalue weighted by Crippen LogP contribution is 2.39. The van der Waals surface area contributed by atoms with Crippen LogP contribution in [0, 0.1) is 12.7 Å². The summed E-state index contributed by atoms with van der Waals surface area (Å²) < 4.78 is 22.1. The number of halogens is 1. The first-order valence-corrected chi connectivity index (χ1v) is 12.3. The summed E-state index contributed by atoms with van der Waals surface area (Å²) in [7, 11) is 1.74. The first-order chi connectivity index (χ1) is 18.7. The standard InChI is InChI=1S/C29H27FN4O5/c1-17-10-11-24-21(12-17)27-22(16-39-24)26(32-33(27)2)28(36)34(14-19-6-3-4-9-23(19)30)15-25(35)31-20-8-5-7-18(13-20)29(37)38/h3-13,29,37-38H,14-16H2,1-2H3,(H,31,35). The average Bonchev–Trinajstić information content (AvgIpc) is 3.25. The normalized spacial score (nSPS) is 11.9. The van der Waals surface area contributed by atoms with E-state index in [2.05, 4.69) is 10.4 Å². The summed E-state index contributed by atoms with van der Waals surface area (Å²) in [5.41, 5.74) is 4.05. The second-order valence-electron chi connectivity index (χ2n) is 9.39. The predicted octanol–water partition coefficient (Wildman–Crippen LogP) is 3.69. The molecule has 1 aliphatic heterocycles. The molecule has 0 saturated heterocycles. The molecule has 0 radical (unpaired) electrons. The van der Waals surface area contributed by atoms with E-state index in [1.165, 1.54) is 23.1 Å². The van der Waals surface area contributed by atoms with Gasteiger partial charge >= 0.3 is 0 Å². The molecule has 1 aromatic heterocycles. The molecule has 0 spiro atoms. The minimum atomic E-state index is -1.70. The van der Waals surface area contributed by atoms with Crippen LogP contribution in [0.2, 0.25) is 0 Å². The van der Waals surface area contributed by atoms with Gasteiger partial charge in [-0.3, -0.25) is 14.3 Å². The number of nitrogens with one attached hydrogen (secondary N) is 1. The lowest BCUT2D eigenvalue weighted by Gasteiger charge is -2.23. The number of hydrogen-bond acceptors (Lipinski definition) is 6. The number of ether oxygens (including phenoxy) is 1. The molecular formula is C29H27FN4O5. The van der Waals surface area contributed by atoms with Crippen molar-refractivity contribution in [3.63, 3.8) is 0 Å². The zero-order chi connectivity index (χ0) is 27.7. The SMILES string of the molecule is Cc1ccc2c(c1)-c1c(c(C(=O)N(CC(=O)Nc3cccc(C(O)O)c3)Cc3ccccc3F)nn1C)CO2. The number of aromatic nitrogens is 2. The number of carbonyl (C=O) groups is 2. The van der Waals surface area contributed by atoms with Crippen LogP contribution in [-0.4, -0.2) is 43.3 Å². The van der Waals surface area contributed by atoms with Gasteiger partial charge in [-0.2, -0.15) is 5.10 Å². The number of fused-ring (bicyclic) bond motifs is 3. The van der Waals surface area contributed by atoms with E-state index in [-0.39, 0.29) is 30.0 Å². The van der Waals surface area contributed by atoms with Gasteiger partial charge in [-0.25, -0.2) is 4.39 Å². The van der Waals surface area contributed by atoms with Gasteiger partial charge in [-0.1, -0.05) is 42.0 Å². The molecule has 0 fully saturated rings. The highest BCUT2D eigenvalue weighted by Gasteiger charge is 2.32. The van der Waals surface area contributed by atoms with Gasteiger partial charge in [0.15, 0.2) is 12.0 Å². The van der Waals surface area contributed by atoms with Gasteiger partial charge in [0.05, 0.1) is 5.69 Å². The van der Waals surface area contributed by atoms with Gasteiger partial charge in [-0.15, -0.1) is 0 Å². The molecule has 3 aromatic carbocycles. The van der Waals surface area contributed by atoms with Crippen molar-refractivity contribution in [1.29, 1.82) is 0 Å². The van der Waals surface area contributed by atoms with Crippen LogP contribution in [0.3, 0.4) is 0 Å². The third kappa shape index (κ3) is 5.38. The summed E-state index contributed by atoms with van der Waals surface area (Å²) in [4.78, 5) is 28.1. The lowest BCUT2D eigenvalue weighted by atomic mass is 10.00. The fraction of sp³-hybridized carbons (Fsp3) is 0.207. The molecule has 200 valence electrons. The molecule has 39 heavy (non-hydrogen) atoms. The van der Waals surface area contributed by atoms with Crippen molar-refractivity contribution in [2.24, 2.45) is 7.05 Å². The third-order valence-corrected chi connectivity index (χ3v) is 6.52. The lowest BCUT2D eigenvalue weighted by molar-refractivity contribution is -0.117. The number of nitrogens with zero attached hydrogens (tertiary/aromatic N) is 3. The molecule has 10 heteroatoms. The monoisotopic (exact) mass is 530 g/mol. The van der Waals surface area contributed by atoms with E-state index in [9.17, 15) is 24.2 Å². The number of amides is 2. The first kappa shape index (κ1) is 26.1. The number of aryl methyl sites for hydroxylation is 2. The van der Waals surface area contributed by atoms with Gasteiger partial charge in [0.1, 0.15) is 24.7 Å². The molecule has 0 atom stereocenters. The summed E-state index contributed by atoms with van der Waals surface area (Å²) in [5.74, 6) is -0.917. The summed E-state index contributed by atoms with van der Waals surface area (Å²) in [6.07, 6.45) is -1.70. The number of anilines is 1. The minimum absolute atomic E-state index is 0.120. The molecule has 2 amide bonds.